The molecule has 1 unspecified atom stereocenters. The summed E-state index contributed by atoms with van der Waals surface area (Å²) in [6.07, 6.45) is 2.90. The number of carbonyl (C=O) groups excluding carboxylic acids is 2. The van der Waals surface area contributed by atoms with Gasteiger partial charge in [0.15, 0.2) is 0 Å². The fourth-order valence-electron chi connectivity index (χ4n) is 2.76. The molecule has 1 atom stereocenters. The van der Waals surface area contributed by atoms with Gasteiger partial charge in [-0.2, -0.15) is 0 Å². The monoisotopic (exact) mass is 328 g/mol. The lowest BCUT2D eigenvalue weighted by Crippen LogP contribution is -2.37. The average Bonchev–Trinajstić information content (AvgIpc) is 3.18. The van der Waals surface area contributed by atoms with Gasteiger partial charge in [0.05, 0.1) is 6.04 Å². The third-order valence-corrected chi connectivity index (χ3v) is 4.02. The van der Waals surface area contributed by atoms with Crippen molar-refractivity contribution < 1.29 is 9.59 Å². The zero-order valence-corrected chi connectivity index (χ0v) is 13.6. The van der Waals surface area contributed by atoms with Gasteiger partial charge >= 0.3 is 0 Å². The summed E-state index contributed by atoms with van der Waals surface area (Å²) in [5, 5.41) is 13.8. The van der Waals surface area contributed by atoms with Crippen molar-refractivity contribution in [2.45, 2.75) is 38.8 Å². The molecule has 8 nitrogen and oxygen atoms in total. The van der Waals surface area contributed by atoms with Crippen LogP contribution in [0, 0.1) is 6.92 Å². The van der Waals surface area contributed by atoms with Crippen molar-refractivity contribution in [1.82, 2.24) is 25.5 Å². The van der Waals surface area contributed by atoms with E-state index in [2.05, 4.69) is 20.8 Å². The third kappa shape index (κ3) is 3.95. The lowest BCUT2D eigenvalue weighted by Gasteiger charge is -2.17. The van der Waals surface area contributed by atoms with Gasteiger partial charge in [-0.05, 0) is 35.9 Å². The minimum atomic E-state index is -0.140. The van der Waals surface area contributed by atoms with Crippen LogP contribution in [0.1, 0.15) is 24.8 Å². The number of aryl methyl sites for hydroxylation is 2. The average molecular weight is 328 g/mol. The van der Waals surface area contributed by atoms with Gasteiger partial charge in [-0.25, -0.2) is 4.68 Å². The highest BCUT2D eigenvalue weighted by molar-refractivity contribution is 5.96. The number of tetrazole rings is 1. The summed E-state index contributed by atoms with van der Waals surface area (Å²) >= 11 is 0. The van der Waals surface area contributed by atoms with Crippen LogP contribution in [-0.2, 0) is 16.1 Å². The van der Waals surface area contributed by atoms with Crippen LogP contribution in [0.3, 0.4) is 0 Å². The van der Waals surface area contributed by atoms with Gasteiger partial charge in [0.2, 0.25) is 11.8 Å². The summed E-state index contributed by atoms with van der Waals surface area (Å²) in [6.45, 7) is 3.12. The van der Waals surface area contributed by atoms with Crippen molar-refractivity contribution in [3.8, 4) is 0 Å². The molecule has 1 N–H and O–H groups in total. The molecule has 2 amide bonds. The Morgan fingerprint density at radius 2 is 2.12 bits per heavy atom. The van der Waals surface area contributed by atoms with Crippen molar-refractivity contribution in [3.05, 3.63) is 36.2 Å². The molecule has 2 heterocycles. The molecule has 8 heteroatoms. The van der Waals surface area contributed by atoms with Crippen molar-refractivity contribution in [1.29, 1.82) is 0 Å². The Hall–Kier alpha value is -2.77. The highest BCUT2D eigenvalue weighted by Crippen LogP contribution is 2.22. The summed E-state index contributed by atoms with van der Waals surface area (Å²) in [7, 11) is 0. The number of hydrogen-bond donors (Lipinski definition) is 1. The predicted molar refractivity (Wildman–Crippen MR) is 87.1 cm³/mol. The predicted octanol–water partition coefficient (Wildman–Crippen LogP) is 0.683. The molecule has 24 heavy (non-hydrogen) atoms. The second kappa shape index (κ2) is 7.20. The molecule has 1 aromatic heterocycles. The molecule has 1 saturated heterocycles. The minimum Gasteiger partial charge on any atom is -0.351 e. The fraction of sp³-hybridized carbons (Fsp3) is 0.438. The second-order valence-electron chi connectivity index (χ2n) is 5.98. The standard InChI is InChI=1S/C16H20N6O2/c1-12-4-6-14(7-5-12)22-10-13(9-16(22)24)18-15(23)3-2-8-21-11-17-19-20-21/h4-7,11,13H,2-3,8-10H2,1H3,(H,18,23). The summed E-state index contributed by atoms with van der Waals surface area (Å²) in [4.78, 5) is 25.9. The van der Waals surface area contributed by atoms with Crippen molar-refractivity contribution >= 4 is 17.5 Å². The Morgan fingerprint density at radius 3 is 2.83 bits per heavy atom. The van der Waals surface area contributed by atoms with Gasteiger partial charge in [0.25, 0.3) is 0 Å². The number of rotatable bonds is 6. The van der Waals surface area contributed by atoms with Crippen LogP contribution < -0.4 is 10.2 Å². The first kappa shape index (κ1) is 16.1. The van der Waals surface area contributed by atoms with Gasteiger partial charge in [-0.15, -0.1) is 5.10 Å². The first-order chi connectivity index (χ1) is 11.6. The van der Waals surface area contributed by atoms with E-state index in [4.69, 9.17) is 0 Å². The van der Waals surface area contributed by atoms with Crippen LogP contribution in [0.5, 0.6) is 0 Å². The zero-order chi connectivity index (χ0) is 16.9. The van der Waals surface area contributed by atoms with Crippen molar-refractivity contribution in [3.63, 3.8) is 0 Å². The van der Waals surface area contributed by atoms with E-state index < -0.39 is 0 Å². The quantitative estimate of drug-likeness (QED) is 0.842. The van der Waals surface area contributed by atoms with E-state index in [9.17, 15) is 9.59 Å². The molecule has 0 bridgehead atoms. The lowest BCUT2D eigenvalue weighted by molar-refractivity contribution is -0.121. The van der Waals surface area contributed by atoms with Crippen LogP contribution in [-0.4, -0.2) is 44.6 Å². The Labute approximate surface area is 139 Å². The Balaban J connectivity index is 1.47. The maximum atomic E-state index is 12.2. The Kier molecular flexibility index (Phi) is 4.83. The highest BCUT2D eigenvalue weighted by Gasteiger charge is 2.31. The molecule has 3 rings (SSSR count). The molecule has 0 saturated carbocycles. The smallest absolute Gasteiger partial charge is 0.229 e. The van der Waals surface area contributed by atoms with E-state index >= 15 is 0 Å². The van der Waals surface area contributed by atoms with E-state index in [0.29, 0.717) is 32.4 Å². The summed E-state index contributed by atoms with van der Waals surface area (Å²) in [5.41, 5.74) is 2.03. The first-order valence-corrected chi connectivity index (χ1v) is 7.99. The third-order valence-electron chi connectivity index (χ3n) is 4.02. The maximum absolute atomic E-state index is 12.2. The van der Waals surface area contributed by atoms with E-state index in [1.54, 1.807) is 9.58 Å². The van der Waals surface area contributed by atoms with E-state index in [0.717, 1.165) is 11.3 Å². The van der Waals surface area contributed by atoms with Crippen LogP contribution >= 0.6 is 0 Å². The van der Waals surface area contributed by atoms with Gasteiger partial charge in [-0.1, -0.05) is 17.7 Å². The van der Waals surface area contributed by atoms with Crippen molar-refractivity contribution in [2.75, 3.05) is 11.4 Å². The normalized spacial score (nSPS) is 17.3. The molecule has 1 fully saturated rings. The lowest BCUT2D eigenvalue weighted by atomic mass is 10.2. The topological polar surface area (TPSA) is 93.0 Å². The number of nitrogens with zero attached hydrogens (tertiary/aromatic N) is 5. The Morgan fingerprint density at radius 1 is 1.33 bits per heavy atom. The number of anilines is 1. The van der Waals surface area contributed by atoms with E-state index in [1.807, 2.05) is 31.2 Å². The molecule has 1 aliphatic heterocycles. The Bertz CT molecular complexity index is 698. The van der Waals surface area contributed by atoms with Gasteiger partial charge in [0.1, 0.15) is 6.33 Å². The van der Waals surface area contributed by atoms with E-state index in [1.165, 1.54) is 6.33 Å². The van der Waals surface area contributed by atoms with Crippen LogP contribution in [0.4, 0.5) is 5.69 Å². The highest BCUT2D eigenvalue weighted by atomic mass is 16.2. The molecule has 0 spiro atoms. The molecule has 1 aliphatic rings. The molecular formula is C16H20N6O2. The molecular weight excluding hydrogens is 308 g/mol. The molecule has 1 aromatic carbocycles. The molecule has 0 aliphatic carbocycles. The first-order valence-electron chi connectivity index (χ1n) is 7.99. The number of amides is 2. The van der Waals surface area contributed by atoms with Gasteiger partial charge in [-0.3, -0.25) is 9.59 Å². The summed E-state index contributed by atoms with van der Waals surface area (Å²) < 4.78 is 1.59. The fourth-order valence-corrected chi connectivity index (χ4v) is 2.76. The second-order valence-corrected chi connectivity index (χ2v) is 5.98. The van der Waals surface area contributed by atoms with E-state index in [-0.39, 0.29) is 17.9 Å². The summed E-state index contributed by atoms with van der Waals surface area (Å²) in [6, 6.07) is 7.69. The molecule has 126 valence electrons. The molecule has 0 radical (unpaired) electrons. The minimum absolute atomic E-state index is 0.0397. The van der Waals surface area contributed by atoms with Crippen LogP contribution in [0.15, 0.2) is 30.6 Å². The maximum Gasteiger partial charge on any atom is 0.229 e. The van der Waals surface area contributed by atoms with Gasteiger partial charge < -0.3 is 10.2 Å². The van der Waals surface area contributed by atoms with Crippen LogP contribution in [0.25, 0.3) is 0 Å². The number of carbonyl (C=O) groups is 2. The SMILES string of the molecule is Cc1ccc(N2CC(NC(=O)CCCn3cnnn3)CC2=O)cc1. The van der Waals surface area contributed by atoms with Gasteiger partial charge in [0, 0.05) is 31.6 Å². The zero-order valence-electron chi connectivity index (χ0n) is 13.6. The summed E-state index contributed by atoms with van der Waals surface area (Å²) in [5.74, 6) is -0.00975. The largest absolute Gasteiger partial charge is 0.351 e. The number of nitrogens with one attached hydrogen (secondary N) is 1. The van der Waals surface area contributed by atoms with Crippen LogP contribution in [0.2, 0.25) is 0 Å². The number of benzene rings is 1. The number of aromatic nitrogens is 4. The molecule has 2 aromatic rings. The van der Waals surface area contributed by atoms with Crippen molar-refractivity contribution in [2.24, 2.45) is 0 Å². The number of hydrogen-bond acceptors (Lipinski definition) is 5.